The monoisotopic (exact) mass is 158 g/mol. The smallest absolute Gasteiger partial charge is 0.185 e. The van der Waals surface area contributed by atoms with Crippen LogP contribution in [0.15, 0.2) is 4.99 Å². The van der Waals surface area contributed by atoms with Gasteiger partial charge in [0.15, 0.2) is 6.34 Å². The lowest BCUT2D eigenvalue weighted by Crippen LogP contribution is -2.41. The third-order valence-corrected chi connectivity index (χ3v) is 2.12. The summed E-state index contributed by atoms with van der Waals surface area (Å²) in [6, 6.07) is 0. The zero-order valence-electron chi connectivity index (χ0n) is 7.45. The zero-order chi connectivity index (χ0) is 7.45. The second-order valence-corrected chi connectivity index (χ2v) is 3.30. The van der Waals surface area contributed by atoms with Crippen molar-refractivity contribution in [2.24, 2.45) is 4.99 Å². The topological polar surface area (TPSA) is 42.4 Å². The molecule has 0 saturated carbocycles. The Morgan fingerprint density at radius 3 is 2.73 bits per heavy atom. The van der Waals surface area contributed by atoms with E-state index in [0.717, 1.165) is 11.0 Å². The SMILES string of the molecule is CCCC[N+]1(C)C=NCC1.[OH-]. The highest BCUT2D eigenvalue weighted by Gasteiger charge is 2.21. The highest BCUT2D eigenvalue weighted by molar-refractivity contribution is 5.47. The van der Waals surface area contributed by atoms with Crippen LogP contribution >= 0.6 is 0 Å². The highest BCUT2D eigenvalue weighted by atomic mass is 16.0. The van der Waals surface area contributed by atoms with Gasteiger partial charge in [-0.2, -0.15) is 0 Å². The Labute approximate surface area is 68.6 Å². The summed E-state index contributed by atoms with van der Waals surface area (Å²) >= 11 is 0. The van der Waals surface area contributed by atoms with Gasteiger partial charge < -0.3 is 5.48 Å². The van der Waals surface area contributed by atoms with Crippen LogP contribution in [0.3, 0.4) is 0 Å². The summed E-state index contributed by atoms with van der Waals surface area (Å²) < 4.78 is 1.06. The van der Waals surface area contributed by atoms with E-state index in [1.54, 1.807) is 0 Å². The van der Waals surface area contributed by atoms with Crippen molar-refractivity contribution >= 4 is 6.34 Å². The highest BCUT2D eigenvalue weighted by Crippen LogP contribution is 2.06. The summed E-state index contributed by atoms with van der Waals surface area (Å²) in [6.45, 7) is 5.74. The second-order valence-electron chi connectivity index (χ2n) is 3.30. The van der Waals surface area contributed by atoms with Crippen molar-refractivity contribution < 1.29 is 9.96 Å². The second kappa shape index (κ2) is 4.46. The standard InChI is InChI=1S/C8H17N2.H2O/c1-3-4-6-10(2)7-5-9-8-10;/h8H,3-7H2,1-2H3;1H2/q+1;/p-1. The summed E-state index contributed by atoms with van der Waals surface area (Å²) in [6.07, 6.45) is 4.71. The number of unbranched alkanes of at least 4 members (excludes halogenated alkanes) is 1. The van der Waals surface area contributed by atoms with Crippen LogP contribution in [0.4, 0.5) is 0 Å². The largest absolute Gasteiger partial charge is 0.870 e. The van der Waals surface area contributed by atoms with Gasteiger partial charge in [0.05, 0.1) is 20.1 Å². The summed E-state index contributed by atoms with van der Waals surface area (Å²) in [5.41, 5.74) is 0. The minimum absolute atomic E-state index is 0. The van der Waals surface area contributed by atoms with Crippen LogP contribution in [0.2, 0.25) is 0 Å². The van der Waals surface area contributed by atoms with E-state index in [9.17, 15) is 0 Å². The van der Waals surface area contributed by atoms with Crippen LogP contribution in [0.25, 0.3) is 0 Å². The normalized spacial score (nSPS) is 28.5. The Bertz CT molecular complexity index is 136. The lowest BCUT2D eigenvalue weighted by molar-refractivity contribution is -0.807. The van der Waals surface area contributed by atoms with Crippen LogP contribution in [0, 0.1) is 0 Å². The van der Waals surface area contributed by atoms with Crippen molar-refractivity contribution in [3.63, 3.8) is 0 Å². The first-order valence-corrected chi connectivity index (χ1v) is 4.12. The number of nitrogens with zero attached hydrogens (tertiary/aromatic N) is 2. The molecule has 3 nitrogen and oxygen atoms in total. The van der Waals surface area contributed by atoms with Crippen molar-refractivity contribution in [2.45, 2.75) is 19.8 Å². The summed E-state index contributed by atoms with van der Waals surface area (Å²) in [5.74, 6) is 0. The van der Waals surface area contributed by atoms with Crippen molar-refractivity contribution in [2.75, 3.05) is 26.7 Å². The third-order valence-electron chi connectivity index (χ3n) is 2.12. The molecule has 0 aliphatic carbocycles. The molecule has 0 saturated heterocycles. The molecule has 1 aliphatic heterocycles. The average molecular weight is 158 g/mol. The number of hydrogen-bond acceptors (Lipinski definition) is 2. The van der Waals surface area contributed by atoms with Gasteiger partial charge in [0.25, 0.3) is 0 Å². The number of rotatable bonds is 3. The summed E-state index contributed by atoms with van der Waals surface area (Å²) in [7, 11) is 2.26. The van der Waals surface area contributed by atoms with E-state index in [0.29, 0.717) is 0 Å². The number of likely N-dealkylation sites (N-methyl/N-ethyl adjacent to an activating group) is 1. The van der Waals surface area contributed by atoms with E-state index < -0.39 is 0 Å². The number of quaternary nitrogens is 1. The Morgan fingerprint density at radius 1 is 1.55 bits per heavy atom. The molecule has 1 N–H and O–H groups in total. The molecule has 3 heteroatoms. The van der Waals surface area contributed by atoms with Gasteiger partial charge in [-0.25, -0.2) is 4.99 Å². The van der Waals surface area contributed by atoms with Crippen molar-refractivity contribution in [3.05, 3.63) is 0 Å². The van der Waals surface area contributed by atoms with Crippen molar-refractivity contribution in [1.82, 2.24) is 0 Å². The maximum atomic E-state index is 4.24. The first-order chi connectivity index (χ1) is 4.77. The fourth-order valence-corrected chi connectivity index (χ4v) is 1.29. The third kappa shape index (κ3) is 2.99. The van der Waals surface area contributed by atoms with E-state index in [4.69, 9.17) is 0 Å². The van der Waals surface area contributed by atoms with E-state index in [-0.39, 0.29) is 5.48 Å². The van der Waals surface area contributed by atoms with E-state index in [1.165, 1.54) is 25.9 Å². The van der Waals surface area contributed by atoms with Gasteiger partial charge >= 0.3 is 0 Å². The predicted molar refractivity (Wildman–Crippen MR) is 46.1 cm³/mol. The maximum absolute atomic E-state index is 4.24. The molecule has 0 aromatic rings. The van der Waals surface area contributed by atoms with Gasteiger partial charge in [-0.3, -0.25) is 4.48 Å². The lowest BCUT2D eigenvalue weighted by Gasteiger charge is -2.24. The molecule has 1 rings (SSSR count). The van der Waals surface area contributed by atoms with Crippen LogP contribution < -0.4 is 0 Å². The molecule has 0 bridgehead atoms. The van der Waals surface area contributed by atoms with Gasteiger partial charge in [0.2, 0.25) is 0 Å². The molecule has 0 spiro atoms. The molecule has 0 aromatic carbocycles. The summed E-state index contributed by atoms with van der Waals surface area (Å²) in [4.78, 5) is 4.24. The van der Waals surface area contributed by atoms with Gasteiger partial charge in [-0.05, 0) is 6.42 Å². The lowest BCUT2D eigenvalue weighted by atomic mass is 10.3. The van der Waals surface area contributed by atoms with Crippen LogP contribution in [-0.4, -0.2) is 43.0 Å². The molecular weight excluding hydrogens is 140 g/mol. The van der Waals surface area contributed by atoms with Crippen LogP contribution in [0.5, 0.6) is 0 Å². The Hall–Kier alpha value is -0.410. The minimum atomic E-state index is 0. The molecule has 1 atom stereocenters. The molecule has 1 aliphatic rings. The van der Waals surface area contributed by atoms with Crippen LogP contribution in [-0.2, 0) is 0 Å². The van der Waals surface area contributed by atoms with E-state index in [1.807, 2.05) is 0 Å². The summed E-state index contributed by atoms with van der Waals surface area (Å²) in [5, 5.41) is 0. The molecule has 11 heavy (non-hydrogen) atoms. The Morgan fingerprint density at radius 2 is 2.27 bits per heavy atom. The first kappa shape index (κ1) is 10.6. The molecule has 0 aromatic heterocycles. The van der Waals surface area contributed by atoms with E-state index in [2.05, 4.69) is 25.3 Å². The van der Waals surface area contributed by atoms with E-state index >= 15 is 0 Å². The Balaban J connectivity index is 0.000001000. The first-order valence-electron chi connectivity index (χ1n) is 4.12. The quantitative estimate of drug-likeness (QED) is 0.567. The number of hydrogen-bond donors (Lipinski definition) is 0. The number of aliphatic imine (C=N–C) groups is 1. The average Bonchev–Trinajstić information content (AvgIpc) is 2.33. The molecule has 1 heterocycles. The van der Waals surface area contributed by atoms with Gasteiger partial charge in [0.1, 0.15) is 6.54 Å². The zero-order valence-corrected chi connectivity index (χ0v) is 7.45. The fraction of sp³-hybridized carbons (Fsp3) is 0.875. The molecule has 0 radical (unpaired) electrons. The molecule has 1 unspecified atom stereocenters. The predicted octanol–water partition coefficient (Wildman–Crippen LogP) is 1.10. The van der Waals surface area contributed by atoms with Gasteiger partial charge in [0, 0.05) is 0 Å². The fourth-order valence-electron chi connectivity index (χ4n) is 1.29. The van der Waals surface area contributed by atoms with Crippen molar-refractivity contribution in [3.8, 4) is 0 Å². The molecule has 0 fully saturated rings. The maximum Gasteiger partial charge on any atom is 0.185 e. The van der Waals surface area contributed by atoms with Crippen molar-refractivity contribution in [1.29, 1.82) is 0 Å². The Kier molecular flexibility index (Phi) is 4.30. The van der Waals surface area contributed by atoms with Crippen LogP contribution in [0.1, 0.15) is 19.8 Å². The van der Waals surface area contributed by atoms with Gasteiger partial charge in [-0.15, -0.1) is 0 Å². The van der Waals surface area contributed by atoms with Gasteiger partial charge in [-0.1, -0.05) is 13.3 Å². The minimum Gasteiger partial charge on any atom is -0.870 e. The molecule has 0 amide bonds. The molecular formula is C8H18N2O. The molecule has 66 valence electrons.